The number of rotatable bonds is 4. The van der Waals surface area contributed by atoms with Gasteiger partial charge in [-0.1, -0.05) is 37.3 Å². The van der Waals surface area contributed by atoms with Crippen molar-refractivity contribution in [1.29, 1.82) is 0 Å². The molecule has 3 aromatic rings. The number of halogens is 1. The highest BCUT2D eigenvalue weighted by molar-refractivity contribution is 6.06. The molecule has 25 heavy (non-hydrogen) atoms. The predicted octanol–water partition coefficient (Wildman–Crippen LogP) is 4.35. The summed E-state index contributed by atoms with van der Waals surface area (Å²) in [7, 11) is 1.79. The minimum atomic E-state index is -0.265. The Kier molecular flexibility index (Phi) is 4.65. The molecule has 0 saturated carbocycles. The molecule has 0 aliphatic carbocycles. The molecular weight excluding hydrogens is 317 g/mol. The molecule has 1 N–H and O–H groups in total. The van der Waals surface area contributed by atoms with Gasteiger partial charge in [0, 0.05) is 24.5 Å². The Bertz CT molecular complexity index is 930. The van der Waals surface area contributed by atoms with Gasteiger partial charge in [-0.3, -0.25) is 9.48 Å². The lowest BCUT2D eigenvalue weighted by molar-refractivity contribution is 0.102. The van der Waals surface area contributed by atoms with Crippen molar-refractivity contribution in [3.63, 3.8) is 0 Å². The second kappa shape index (κ2) is 6.89. The third-order valence-corrected chi connectivity index (χ3v) is 4.14. The van der Waals surface area contributed by atoms with Gasteiger partial charge in [0.2, 0.25) is 0 Å². The summed E-state index contributed by atoms with van der Waals surface area (Å²) in [6.45, 7) is 3.68. The quantitative estimate of drug-likeness (QED) is 0.769. The maximum atomic E-state index is 13.9. The van der Waals surface area contributed by atoms with Crippen molar-refractivity contribution in [2.75, 3.05) is 5.32 Å². The Hall–Kier alpha value is -2.95. The van der Waals surface area contributed by atoms with Crippen molar-refractivity contribution in [2.24, 2.45) is 7.05 Å². The third kappa shape index (κ3) is 3.45. The maximum absolute atomic E-state index is 13.9. The number of hydrogen-bond acceptors (Lipinski definition) is 2. The van der Waals surface area contributed by atoms with E-state index in [1.165, 1.54) is 6.07 Å². The Labute approximate surface area is 146 Å². The summed E-state index contributed by atoms with van der Waals surface area (Å²) in [6.07, 6.45) is 2.39. The predicted molar refractivity (Wildman–Crippen MR) is 97.1 cm³/mol. The molecule has 0 unspecified atom stereocenters. The molecule has 0 aliphatic rings. The normalized spacial score (nSPS) is 10.7. The first-order chi connectivity index (χ1) is 12.0. The molecule has 5 heteroatoms. The van der Waals surface area contributed by atoms with Crippen LogP contribution in [0.1, 0.15) is 28.5 Å². The molecule has 2 aromatic carbocycles. The van der Waals surface area contributed by atoms with Crippen LogP contribution in [0.4, 0.5) is 10.1 Å². The Morgan fingerprint density at radius 1 is 1.24 bits per heavy atom. The van der Waals surface area contributed by atoms with Gasteiger partial charge in [-0.05, 0) is 36.6 Å². The van der Waals surface area contributed by atoms with E-state index in [4.69, 9.17) is 0 Å². The number of anilines is 1. The van der Waals surface area contributed by atoms with Gasteiger partial charge in [-0.15, -0.1) is 0 Å². The molecule has 0 saturated heterocycles. The summed E-state index contributed by atoms with van der Waals surface area (Å²) in [5, 5.41) is 7.23. The second-order valence-electron chi connectivity index (χ2n) is 5.98. The van der Waals surface area contributed by atoms with E-state index in [1.807, 2.05) is 37.3 Å². The summed E-state index contributed by atoms with van der Waals surface area (Å²) < 4.78 is 15.6. The highest BCUT2D eigenvalue weighted by Gasteiger charge is 2.16. The van der Waals surface area contributed by atoms with E-state index in [0.29, 0.717) is 23.2 Å². The van der Waals surface area contributed by atoms with Crippen molar-refractivity contribution < 1.29 is 9.18 Å². The number of carbonyl (C=O) groups excluding carboxylic acids is 1. The Morgan fingerprint density at radius 3 is 2.72 bits per heavy atom. The average molecular weight is 337 g/mol. The number of benzene rings is 2. The maximum Gasteiger partial charge on any atom is 0.259 e. The largest absolute Gasteiger partial charge is 0.321 e. The minimum Gasteiger partial charge on any atom is -0.321 e. The van der Waals surface area contributed by atoms with Gasteiger partial charge in [0.15, 0.2) is 0 Å². The zero-order valence-electron chi connectivity index (χ0n) is 14.5. The van der Waals surface area contributed by atoms with E-state index < -0.39 is 0 Å². The third-order valence-electron chi connectivity index (χ3n) is 4.14. The summed E-state index contributed by atoms with van der Waals surface area (Å²) in [5.41, 5.74) is 4.03. The number of aryl methyl sites for hydroxylation is 3. The lowest BCUT2D eigenvalue weighted by Gasteiger charge is -2.12. The number of carbonyl (C=O) groups is 1. The summed E-state index contributed by atoms with van der Waals surface area (Å²) in [6, 6.07) is 12.5. The first-order valence-electron chi connectivity index (χ1n) is 8.19. The zero-order chi connectivity index (χ0) is 18.0. The van der Waals surface area contributed by atoms with Crippen LogP contribution in [0, 0.1) is 12.7 Å². The summed E-state index contributed by atoms with van der Waals surface area (Å²) >= 11 is 0. The zero-order valence-corrected chi connectivity index (χ0v) is 14.5. The topological polar surface area (TPSA) is 46.9 Å². The SMILES string of the molecule is CCc1nn(C)cc1C(=O)Nc1ccccc1-c1ccc(C)c(F)c1. The van der Waals surface area contributed by atoms with Gasteiger partial charge in [0.05, 0.1) is 11.3 Å². The molecule has 128 valence electrons. The molecule has 0 spiro atoms. The molecule has 4 nitrogen and oxygen atoms in total. The minimum absolute atomic E-state index is 0.218. The number of amides is 1. The number of nitrogens with zero attached hydrogens (tertiary/aromatic N) is 2. The number of aromatic nitrogens is 2. The second-order valence-corrected chi connectivity index (χ2v) is 5.98. The number of hydrogen-bond donors (Lipinski definition) is 1. The molecule has 0 radical (unpaired) electrons. The monoisotopic (exact) mass is 337 g/mol. The highest BCUT2D eigenvalue weighted by Crippen LogP contribution is 2.29. The van der Waals surface area contributed by atoms with Gasteiger partial charge >= 0.3 is 0 Å². The van der Waals surface area contributed by atoms with E-state index >= 15 is 0 Å². The fraction of sp³-hybridized carbons (Fsp3) is 0.200. The molecule has 0 atom stereocenters. The van der Waals surface area contributed by atoms with Crippen LogP contribution in [-0.4, -0.2) is 15.7 Å². The van der Waals surface area contributed by atoms with Crippen LogP contribution in [0.15, 0.2) is 48.7 Å². The highest BCUT2D eigenvalue weighted by atomic mass is 19.1. The van der Waals surface area contributed by atoms with Gasteiger partial charge in [0.25, 0.3) is 5.91 Å². The van der Waals surface area contributed by atoms with E-state index in [9.17, 15) is 9.18 Å². The molecule has 0 bridgehead atoms. The van der Waals surface area contributed by atoms with Crippen molar-refractivity contribution in [1.82, 2.24) is 9.78 Å². The van der Waals surface area contributed by atoms with E-state index in [0.717, 1.165) is 16.8 Å². The van der Waals surface area contributed by atoms with Crippen LogP contribution in [0.2, 0.25) is 0 Å². The van der Waals surface area contributed by atoms with E-state index in [2.05, 4.69) is 10.4 Å². The number of para-hydroxylation sites is 1. The Balaban J connectivity index is 1.96. The molecule has 3 rings (SSSR count). The summed E-state index contributed by atoms with van der Waals surface area (Å²) in [5.74, 6) is -0.482. The fourth-order valence-electron chi connectivity index (χ4n) is 2.78. The molecule has 1 heterocycles. The molecule has 1 aromatic heterocycles. The van der Waals surface area contributed by atoms with E-state index in [-0.39, 0.29) is 11.7 Å². The first-order valence-corrected chi connectivity index (χ1v) is 8.19. The lowest BCUT2D eigenvalue weighted by atomic mass is 10.0. The van der Waals surface area contributed by atoms with Crippen LogP contribution >= 0.6 is 0 Å². The fourth-order valence-corrected chi connectivity index (χ4v) is 2.78. The molecular formula is C20H20FN3O. The van der Waals surface area contributed by atoms with Crippen LogP contribution in [0.3, 0.4) is 0 Å². The average Bonchev–Trinajstić information content (AvgIpc) is 2.99. The Morgan fingerprint density at radius 2 is 2.00 bits per heavy atom. The molecule has 0 fully saturated rings. The first kappa shape index (κ1) is 16.9. The van der Waals surface area contributed by atoms with Gasteiger partial charge < -0.3 is 5.32 Å². The molecule has 1 amide bonds. The van der Waals surface area contributed by atoms with Crippen molar-refractivity contribution in [2.45, 2.75) is 20.3 Å². The van der Waals surface area contributed by atoms with Crippen molar-refractivity contribution in [3.05, 3.63) is 71.3 Å². The number of nitrogens with one attached hydrogen (secondary N) is 1. The van der Waals surface area contributed by atoms with Crippen LogP contribution in [0.5, 0.6) is 0 Å². The summed E-state index contributed by atoms with van der Waals surface area (Å²) in [4.78, 5) is 12.7. The van der Waals surface area contributed by atoms with Crippen molar-refractivity contribution in [3.8, 4) is 11.1 Å². The standard InChI is InChI=1S/C20H20FN3O/c1-4-18-16(12-24(3)23-18)20(25)22-19-8-6-5-7-15(19)14-10-9-13(2)17(21)11-14/h5-12H,4H2,1-3H3,(H,22,25). The van der Waals surface area contributed by atoms with Crippen LogP contribution < -0.4 is 5.32 Å². The smallest absolute Gasteiger partial charge is 0.259 e. The van der Waals surface area contributed by atoms with Crippen LogP contribution in [0.25, 0.3) is 11.1 Å². The van der Waals surface area contributed by atoms with Gasteiger partial charge in [-0.2, -0.15) is 5.10 Å². The van der Waals surface area contributed by atoms with Gasteiger partial charge in [0.1, 0.15) is 5.82 Å². The van der Waals surface area contributed by atoms with Gasteiger partial charge in [-0.25, -0.2) is 4.39 Å². The molecule has 0 aliphatic heterocycles. The van der Waals surface area contributed by atoms with Crippen LogP contribution in [-0.2, 0) is 13.5 Å². The van der Waals surface area contributed by atoms with E-state index in [1.54, 1.807) is 30.9 Å². The lowest BCUT2D eigenvalue weighted by Crippen LogP contribution is -2.13. The van der Waals surface area contributed by atoms with Crippen molar-refractivity contribution >= 4 is 11.6 Å².